The number of nitrogens with one attached hydrogen (secondary N) is 1. The van der Waals surface area contributed by atoms with Crippen LogP contribution >= 0.6 is 0 Å². The van der Waals surface area contributed by atoms with Crippen molar-refractivity contribution in [2.75, 3.05) is 6.54 Å². The molecule has 0 spiro atoms. The van der Waals surface area contributed by atoms with Gasteiger partial charge in [0.15, 0.2) is 5.76 Å². The topological polar surface area (TPSA) is 75.0 Å². The van der Waals surface area contributed by atoms with Gasteiger partial charge >= 0.3 is 0 Å². The highest BCUT2D eigenvalue weighted by molar-refractivity contribution is 5.80. The summed E-state index contributed by atoms with van der Waals surface area (Å²) in [6.45, 7) is 6.75. The number of amides is 1. The number of likely N-dealkylation sites (tertiary alicyclic amines) is 1. The zero-order valence-corrected chi connectivity index (χ0v) is 16.7. The molecular formula is C22H26N4O2. The molecule has 0 saturated carbocycles. The number of hydrogen-bond donors (Lipinski definition) is 1. The van der Waals surface area contributed by atoms with Crippen LogP contribution in [-0.2, 0) is 11.2 Å². The molecule has 6 nitrogen and oxygen atoms in total. The van der Waals surface area contributed by atoms with Crippen LogP contribution in [0.1, 0.15) is 53.4 Å². The molecule has 6 heteroatoms. The Hall–Kier alpha value is -2.89. The molecule has 1 N–H and O–H groups in total. The van der Waals surface area contributed by atoms with Gasteiger partial charge in [0.05, 0.1) is 35.6 Å². The second-order valence-electron chi connectivity index (χ2n) is 7.68. The number of hydrogen-bond acceptors (Lipinski definition) is 4. The van der Waals surface area contributed by atoms with Gasteiger partial charge in [0.25, 0.3) is 0 Å². The van der Waals surface area contributed by atoms with Gasteiger partial charge in [0, 0.05) is 12.1 Å². The predicted molar refractivity (Wildman–Crippen MR) is 107 cm³/mol. The van der Waals surface area contributed by atoms with Crippen molar-refractivity contribution in [1.82, 2.24) is 20.3 Å². The summed E-state index contributed by atoms with van der Waals surface area (Å²) in [5.74, 6) is 0.888. The monoisotopic (exact) mass is 378 g/mol. The number of aromatic nitrogens is 3. The highest BCUT2D eigenvalue weighted by Gasteiger charge is 2.32. The molecule has 3 aromatic rings. The van der Waals surface area contributed by atoms with Gasteiger partial charge in [-0.1, -0.05) is 35.0 Å². The second kappa shape index (κ2) is 7.62. The van der Waals surface area contributed by atoms with E-state index in [1.165, 1.54) is 5.56 Å². The fourth-order valence-electron chi connectivity index (χ4n) is 4.03. The summed E-state index contributed by atoms with van der Waals surface area (Å²) in [6.07, 6.45) is 5.23. The van der Waals surface area contributed by atoms with E-state index in [9.17, 15) is 4.79 Å². The maximum absolute atomic E-state index is 13.2. The molecule has 0 aliphatic carbocycles. The average Bonchev–Trinajstić information content (AvgIpc) is 3.29. The Balaban J connectivity index is 1.62. The van der Waals surface area contributed by atoms with Crippen molar-refractivity contribution in [2.45, 2.75) is 52.5 Å². The second-order valence-corrected chi connectivity index (χ2v) is 7.68. The van der Waals surface area contributed by atoms with Crippen molar-refractivity contribution in [1.29, 1.82) is 0 Å². The number of aryl methyl sites for hydroxylation is 2. The van der Waals surface area contributed by atoms with Crippen molar-refractivity contribution in [2.24, 2.45) is 0 Å². The van der Waals surface area contributed by atoms with Crippen molar-refractivity contribution in [3.05, 3.63) is 58.5 Å². The molecule has 28 heavy (non-hydrogen) atoms. The van der Waals surface area contributed by atoms with E-state index in [1.54, 1.807) is 6.20 Å². The van der Waals surface area contributed by atoms with Gasteiger partial charge in [-0.2, -0.15) is 5.10 Å². The van der Waals surface area contributed by atoms with E-state index in [4.69, 9.17) is 4.52 Å². The number of rotatable bonds is 4. The highest BCUT2D eigenvalue weighted by Crippen LogP contribution is 2.37. The third-order valence-corrected chi connectivity index (χ3v) is 5.66. The maximum Gasteiger partial charge on any atom is 0.227 e. The molecule has 2 aromatic heterocycles. The van der Waals surface area contributed by atoms with Gasteiger partial charge in [-0.25, -0.2) is 0 Å². The lowest BCUT2D eigenvalue weighted by molar-refractivity contribution is -0.134. The summed E-state index contributed by atoms with van der Waals surface area (Å²) in [5, 5.41) is 11.5. The Morgan fingerprint density at radius 2 is 2.14 bits per heavy atom. The van der Waals surface area contributed by atoms with Crippen molar-refractivity contribution < 1.29 is 9.32 Å². The Morgan fingerprint density at radius 1 is 1.29 bits per heavy atom. The quantitative estimate of drug-likeness (QED) is 0.735. The molecule has 1 saturated heterocycles. The van der Waals surface area contributed by atoms with E-state index in [2.05, 4.69) is 34.4 Å². The van der Waals surface area contributed by atoms with Gasteiger partial charge in [-0.3, -0.25) is 9.89 Å². The van der Waals surface area contributed by atoms with Crippen LogP contribution in [0.15, 0.2) is 35.0 Å². The molecule has 0 bridgehead atoms. The van der Waals surface area contributed by atoms with Crippen LogP contribution < -0.4 is 0 Å². The number of nitrogens with zero attached hydrogens (tertiary/aromatic N) is 3. The summed E-state index contributed by atoms with van der Waals surface area (Å²) in [6, 6.07) is 8.14. The summed E-state index contributed by atoms with van der Waals surface area (Å²) < 4.78 is 5.56. The number of benzene rings is 1. The minimum atomic E-state index is -0.0200. The van der Waals surface area contributed by atoms with Crippen LogP contribution in [0.4, 0.5) is 0 Å². The molecule has 1 amide bonds. The molecule has 1 fully saturated rings. The van der Waals surface area contributed by atoms with Crippen LogP contribution in [0.5, 0.6) is 0 Å². The lowest BCUT2D eigenvalue weighted by Crippen LogP contribution is -2.39. The van der Waals surface area contributed by atoms with E-state index >= 15 is 0 Å². The molecule has 0 radical (unpaired) electrons. The Kier molecular flexibility index (Phi) is 5.03. The van der Waals surface area contributed by atoms with Gasteiger partial charge in [0.2, 0.25) is 5.91 Å². The number of piperidine rings is 1. The maximum atomic E-state index is 13.2. The number of carbonyl (C=O) groups is 1. The number of H-pyrrole nitrogens is 1. The fraction of sp³-hybridized carbons (Fsp3) is 0.409. The summed E-state index contributed by atoms with van der Waals surface area (Å²) in [5.41, 5.74) is 5.96. The van der Waals surface area contributed by atoms with E-state index in [-0.39, 0.29) is 11.9 Å². The first-order valence-electron chi connectivity index (χ1n) is 9.86. The predicted octanol–water partition coefficient (Wildman–Crippen LogP) is 4.29. The van der Waals surface area contributed by atoms with Crippen molar-refractivity contribution >= 4 is 5.91 Å². The molecule has 4 rings (SSSR count). The lowest BCUT2D eigenvalue weighted by atomic mass is 9.94. The average molecular weight is 378 g/mol. The molecule has 1 aromatic carbocycles. The smallest absolute Gasteiger partial charge is 0.227 e. The summed E-state index contributed by atoms with van der Waals surface area (Å²) in [7, 11) is 0. The molecule has 146 valence electrons. The highest BCUT2D eigenvalue weighted by atomic mass is 16.5. The van der Waals surface area contributed by atoms with E-state index in [1.807, 2.05) is 30.9 Å². The van der Waals surface area contributed by atoms with E-state index in [0.29, 0.717) is 6.42 Å². The Morgan fingerprint density at radius 3 is 2.89 bits per heavy atom. The van der Waals surface area contributed by atoms with Crippen LogP contribution in [0.3, 0.4) is 0 Å². The molecule has 1 aliphatic heterocycles. The molecule has 3 heterocycles. The normalized spacial score (nSPS) is 17.1. The standard InChI is InChI=1S/C22H26N4O2/c1-14-7-6-8-17(11-14)12-20(27)26-10-5-4-9-19(26)21-18(13-23-24-21)22-15(2)16(3)25-28-22/h6-8,11,13,19H,4-5,9-10,12H2,1-3H3,(H,23,24)/t19-/m0/s1. The Labute approximate surface area is 164 Å². The van der Waals surface area contributed by atoms with Gasteiger partial charge in [-0.15, -0.1) is 0 Å². The zero-order chi connectivity index (χ0) is 19.7. The first kappa shape index (κ1) is 18.5. The van der Waals surface area contributed by atoms with Crippen LogP contribution in [0.25, 0.3) is 11.3 Å². The van der Waals surface area contributed by atoms with Gasteiger partial charge < -0.3 is 9.42 Å². The van der Waals surface area contributed by atoms with Crippen LogP contribution in [-0.4, -0.2) is 32.7 Å². The SMILES string of the molecule is Cc1cccc(CC(=O)N2CCCC[C@H]2c2[nH]ncc2-c2onc(C)c2C)c1. The van der Waals surface area contributed by atoms with Crippen molar-refractivity contribution in [3.63, 3.8) is 0 Å². The summed E-state index contributed by atoms with van der Waals surface area (Å²) in [4.78, 5) is 15.2. The van der Waals surface area contributed by atoms with E-state index in [0.717, 1.165) is 59.6 Å². The third kappa shape index (κ3) is 3.46. The van der Waals surface area contributed by atoms with Crippen LogP contribution in [0.2, 0.25) is 0 Å². The molecule has 0 unspecified atom stereocenters. The Bertz CT molecular complexity index is 988. The first-order valence-corrected chi connectivity index (χ1v) is 9.86. The molecular weight excluding hydrogens is 352 g/mol. The minimum absolute atomic E-state index is 0.0200. The minimum Gasteiger partial charge on any atom is -0.356 e. The first-order chi connectivity index (χ1) is 13.5. The largest absolute Gasteiger partial charge is 0.356 e. The van der Waals surface area contributed by atoms with Crippen LogP contribution in [0, 0.1) is 20.8 Å². The fourth-order valence-corrected chi connectivity index (χ4v) is 4.03. The molecule has 1 atom stereocenters. The molecule has 1 aliphatic rings. The number of carbonyl (C=O) groups excluding carboxylic acids is 1. The number of aromatic amines is 1. The zero-order valence-electron chi connectivity index (χ0n) is 16.7. The third-order valence-electron chi connectivity index (χ3n) is 5.66. The van der Waals surface area contributed by atoms with Gasteiger partial charge in [0.1, 0.15) is 0 Å². The lowest BCUT2D eigenvalue weighted by Gasteiger charge is -2.35. The summed E-state index contributed by atoms with van der Waals surface area (Å²) >= 11 is 0. The van der Waals surface area contributed by atoms with E-state index < -0.39 is 0 Å². The van der Waals surface area contributed by atoms with Crippen molar-refractivity contribution in [3.8, 4) is 11.3 Å². The van der Waals surface area contributed by atoms with Gasteiger partial charge in [-0.05, 0) is 45.6 Å².